The summed E-state index contributed by atoms with van der Waals surface area (Å²) >= 11 is 0. The fourth-order valence-corrected chi connectivity index (χ4v) is 10.8. The lowest BCUT2D eigenvalue weighted by Crippen LogP contribution is -2.46. The lowest BCUT2D eigenvalue weighted by atomic mass is 9.98. The van der Waals surface area contributed by atoms with Gasteiger partial charge in [-0.15, -0.1) is 0 Å². The number of epoxide rings is 1. The number of H-pyrrole nitrogens is 2. The van der Waals surface area contributed by atoms with Crippen molar-refractivity contribution in [3.63, 3.8) is 0 Å². The molecule has 0 spiro atoms. The number of aliphatic hydroxyl groups excluding tert-OH is 12. The number of carboxylic acid groups (broad SMARTS) is 4. The number of aliphatic imine (C=N–C) groups is 10. The van der Waals surface area contributed by atoms with Crippen molar-refractivity contribution in [3.8, 4) is 5.75 Å². The molecule has 0 amide bonds. The maximum absolute atomic E-state index is 15.1. The molecule has 4 unspecified atom stereocenters. The zero-order valence-electron chi connectivity index (χ0n) is 56.7. The summed E-state index contributed by atoms with van der Waals surface area (Å²) in [6.45, 7) is 7.24. The number of para-hydroxylation sites is 2. The Labute approximate surface area is 596 Å². The van der Waals surface area contributed by atoms with E-state index in [0.29, 0.717) is 40.2 Å². The molecule has 562 valence electrons. The number of carbonyl (C=O) groups excluding carboxylic acids is 1. The highest BCUT2D eigenvalue weighted by atomic mass is 16.6. The first kappa shape index (κ1) is 80.1. The highest BCUT2D eigenvalue weighted by Gasteiger charge is 2.43. The Morgan fingerprint density at radius 3 is 1.81 bits per heavy atom. The zero-order valence-corrected chi connectivity index (χ0v) is 56.7. The molecule has 37 heteroatoms. The summed E-state index contributed by atoms with van der Waals surface area (Å²) in [4.78, 5) is 111. The Balaban J connectivity index is 1.52. The maximum atomic E-state index is 15.1. The number of carbonyl (C=O) groups is 5. The topological polar surface area (TPSA) is 618 Å². The summed E-state index contributed by atoms with van der Waals surface area (Å²) in [5, 5.41) is 194. The van der Waals surface area contributed by atoms with Crippen LogP contribution in [0.5, 0.6) is 5.75 Å². The second-order valence-electron chi connectivity index (χ2n) is 24.4. The van der Waals surface area contributed by atoms with Crippen LogP contribution < -0.4 is 5.32 Å². The molecule has 37 nitrogen and oxygen atoms in total. The minimum atomic E-state index is -2.29. The predicted octanol–water partition coefficient (Wildman–Crippen LogP) is 5.72. The number of phenols is 1. The van der Waals surface area contributed by atoms with Gasteiger partial charge in [0.15, 0.2) is 29.9 Å². The van der Waals surface area contributed by atoms with E-state index >= 15 is 4.79 Å². The van der Waals surface area contributed by atoms with E-state index in [1.807, 2.05) is 6.92 Å². The van der Waals surface area contributed by atoms with Gasteiger partial charge in [0.25, 0.3) is 0 Å². The molecule has 0 saturated carbocycles. The quantitative estimate of drug-likeness (QED) is 0.0137. The normalized spacial score (nSPS) is 24.9. The molecule has 1 fully saturated rings. The van der Waals surface area contributed by atoms with Crippen LogP contribution in [0, 0.1) is 5.92 Å². The fourth-order valence-electron chi connectivity index (χ4n) is 10.8. The van der Waals surface area contributed by atoms with Crippen molar-refractivity contribution < 1.29 is 120 Å². The second kappa shape index (κ2) is 36.6. The predicted molar refractivity (Wildman–Crippen MR) is 383 cm³/mol. The maximum Gasteiger partial charge on any atom is 0.357 e. The van der Waals surface area contributed by atoms with E-state index < -0.39 is 224 Å². The molecule has 4 heterocycles. The number of aliphatic carboxylic acids is 4. The summed E-state index contributed by atoms with van der Waals surface area (Å²) < 4.78 is 11.4. The van der Waals surface area contributed by atoms with Gasteiger partial charge in [-0.05, 0) is 67.7 Å². The Bertz CT molecular complexity index is 4340. The molecular weight excluding hydrogens is 1380 g/mol. The molecule has 105 heavy (non-hydrogen) atoms. The van der Waals surface area contributed by atoms with Gasteiger partial charge in [-0.3, -0.25) is 19.2 Å². The highest BCUT2D eigenvalue weighted by Crippen LogP contribution is 2.30. The summed E-state index contributed by atoms with van der Waals surface area (Å²) in [6.07, 6.45) is -5.13. The first-order valence-electron chi connectivity index (χ1n) is 32.5. The van der Waals surface area contributed by atoms with Crippen LogP contribution in [0.15, 0.2) is 153 Å². The number of benzene rings is 3. The SMILES string of the molecule is C=C1CN=C(O)[C@H](CC(=O)O)N=C(O)[C@@H](c2ccc(O)cc2)N=C(O)[C@H](CC(=O)O)N=C(O)[C@H](CC(=O)O)N=C(O)[C@@H](Cc2c[nH]c3ccccc23)N=C(O)[C@@H](N=C(O)C(CO)N=C(O)C2OC2CCC)[C@@H](C)OC(=O)/C(=C/c2c[nH]c3ccccc23)N=C(O)[C@H]([C@H](C)CC(=O)O)N=C(O)C([C@@H](C)O)N1. The molecular formula is C68H81N13O24. The number of rotatable bonds is 21. The van der Waals surface area contributed by atoms with Crippen LogP contribution in [0.4, 0.5) is 0 Å². The lowest BCUT2D eigenvalue weighted by molar-refractivity contribution is -0.144. The van der Waals surface area contributed by atoms with Gasteiger partial charge in [0, 0.05) is 51.9 Å². The summed E-state index contributed by atoms with van der Waals surface area (Å²) in [5.41, 5.74) is 0.167. The minimum absolute atomic E-state index is 0.188. The van der Waals surface area contributed by atoms with E-state index in [-0.39, 0.29) is 22.6 Å². The average Bonchev–Trinajstić information content (AvgIpc) is 1.72. The van der Waals surface area contributed by atoms with Crippen LogP contribution in [0.2, 0.25) is 0 Å². The smallest absolute Gasteiger partial charge is 0.357 e. The standard InChI is InChI=1S/C68H81N13O24/c1-6-11-48-57(105-48)67(102)78-47(29-82)62(97)80-55-33(5)104-68(103)46(22-36-28-70-41-15-10-8-13-39(36)41)77-63(98)53(30(2)20-49(85)86)79-64(99)54(32(4)83)72-31(3)26-71-58(93)43(23-50(87)88)76-66(101)56(34-16-18-37(84)19-17-34)81-61(96)45(25-52(91)92)74-60(95)44(24-51(89)90)73-59(94)42(75-65(55)100)21-35-27-69-40-14-9-7-12-38(35)40/h7-10,12-19,22,27-28,30,32-33,42-45,47-48,53-57,69-70,72,82-84H,3,6,11,20-21,23-26,29H2,1-2,4-5H3,(H,71,93)(H,73,94)(H,74,95)(H,75,100)(H,76,101)(H,77,98)(H,78,102)(H,79,99)(H,80,97)(H,81,96)(H,85,86)(H,87,88)(H,89,90)(H,91,92)/b46-22-/t30-,32-,33-,42-,43+,44+,45+,47?,48?,53+,54?,55+,56-,57?/m1/s1. The number of nitrogens with zero attached hydrogens (tertiary/aromatic N) is 10. The van der Waals surface area contributed by atoms with Gasteiger partial charge in [-0.2, -0.15) is 0 Å². The van der Waals surface area contributed by atoms with Crippen molar-refractivity contribution in [1.29, 1.82) is 0 Å². The Kier molecular flexibility index (Phi) is 27.9. The van der Waals surface area contributed by atoms with E-state index in [9.17, 15) is 106 Å². The van der Waals surface area contributed by atoms with Gasteiger partial charge >= 0.3 is 29.8 Å². The van der Waals surface area contributed by atoms with Crippen LogP contribution in [-0.4, -0.2) is 272 Å². The molecule has 2 aliphatic rings. The fraction of sp³-hybridized carbons (Fsp3) is 0.397. The number of aromatic hydroxyl groups is 1. The van der Waals surface area contributed by atoms with Gasteiger partial charge in [0.1, 0.15) is 48.1 Å². The van der Waals surface area contributed by atoms with E-state index in [1.165, 1.54) is 19.3 Å². The lowest BCUT2D eigenvalue weighted by Gasteiger charge is -2.24. The van der Waals surface area contributed by atoms with Crippen LogP contribution >= 0.6 is 0 Å². The molecule has 0 bridgehead atoms. The Morgan fingerprint density at radius 2 is 1.22 bits per heavy atom. The number of aromatic amines is 2. The van der Waals surface area contributed by atoms with Crippen molar-refractivity contribution in [3.05, 3.63) is 120 Å². The van der Waals surface area contributed by atoms with Crippen LogP contribution in [0.1, 0.15) is 89.0 Å². The zero-order chi connectivity index (χ0) is 77.1. The monoisotopic (exact) mass is 1460 g/mol. The van der Waals surface area contributed by atoms with Crippen molar-refractivity contribution >= 4 is 117 Å². The minimum Gasteiger partial charge on any atom is -0.508 e. The Hall–Kier alpha value is -12.3. The number of nitrogens with one attached hydrogen (secondary N) is 3. The number of fused-ring (bicyclic) bond motifs is 2. The number of carboxylic acids is 4. The third kappa shape index (κ3) is 22.4. The van der Waals surface area contributed by atoms with Crippen LogP contribution in [-0.2, 0) is 39.9 Å². The first-order valence-corrected chi connectivity index (χ1v) is 32.5. The second-order valence-corrected chi connectivity index (χ2v) is 24.4. The average molecular weight is 1460 g/mol. The Morgan fingerprint density at radius 1 is 0.667 bits per heavy atom. The van der Waals surface area contributed by atoms with E-state index in [0.717, 1.165) is 44.2 Å². The molecule has 14 atom stereocenters. The van der Waals surface area contributed by atoms with Crippen LogP contribution in [0.25, 0.3) is 27.9 Å². The van der Waals surface area contributed by atoms with Crippen molar-refractivity contribution in [1.82, 2.24) is 15.3 Å². The number of phenolic OH excluding ortho intramolecular Hbond substituents is 1. The van der Waals surface area contributed by atoms with Gasteiger partial charge in [0.05, 0.1) is 51.0 Å². The van der Waals surface area contributed by atoms with E-state index in [2.05, 4.69) is 71.8 Å². The molecule has 5 aromatic rings. The number of aliphatic hydroxyl groups is 12. The third-order valence-electron chi connectivity index (χ3n) is 16.2. The number of ether oxygens (including phenoxy) is 2. The van der Waals surface area contributed by atoms with E-state index in [1.54, 1.807) is 48.5 Å². The third-order valence-corrected chi connectivity index (χ3v) is 16.2. The van der Waals surface area contributed by atoms with Crippen molar-refractivity contribution in [2.75, 3.05) is 13.2 Å². The number of hydrogen-bond donors (Lipinski definition) is 20. The molecule has 1 saturated heterocycles. The molecule has 2 aliphatic heterocycles. The van der Waals surface area contributed by atoms with Crippen molar-refractivity contribution in [2.24, 2.45) is 55.8 Å². The number of cyclic esters (lactones) is 1. The van der Waals surface area contributed by atoms with Gasteiger partial charge in [-0.25, -0.2) is 54.7 Å². The molecule has 0 aliphatic carbocycles. The number of esters is 1. The van der Waals surface area contributed by atoms with E-state index in [4.69, 9.17) is 9.47 Å². The summed E-state index contributed by atoms with van der Waals surface area (Å²) in [5.74, 6) is -21.7. The molecule has 0 radical (unpaired) electrons. The number of aromatic nitrogens is 2. The molecule has 20 N–H and O–H groups in total. The van der Waals surface area contributed by atoms with Gasteiger partial charge in [0.2, 0.25) is 59.0 Å². The molecule has 2 aromatic heterocycles. The number of hydrogen-bond acceptors (Lipinski definition) is 21. The molecule has 7 rings (SSSR count). The largest absolute Gasteiger partial charge is 0.508 e. The first-order chi connectivity index (χ1) is 49.7. The summed E-state index contributed by atoms with van der Waals surface area (Å²) in [6, 6.07) is -0.935. The highest BCUT2D eigenvalue weighted by molar-refractivity contribution is 6.02. The van der Waals surface area contributed by atoms with Gasteiger partial charge < -0.3 is 112 Å². The van der Waals surface area contributed by atoms with Crippen LogP contribution in [0.3, 0.4) is 0 Å². The van der Waals surface area contributed by atoms with Gasteiger partial charge in [-0.1, -0.05) is 75.4 Å². The summed E-state index contributed by atoms with van der Waals surface area (Å²) in [7, 11) is 0. The van der Waals surface area contributed by atoms with Crippen molar-refractivity contribution in [2.45, 2.75) is 151 Å². The molecule has 3 aromatic carbocycles.